The first-order valence-electron chi connectivity index (χ1n) is 7.13. The van der Waals surface area contributed by atoms with Gasteiger partial charge < -0.3 is 19.8 Å². The lowest BCUT2D eigenvalue weighted by molar-refractivity contribution is -0.117. The highest BCUT2D eigenvalue weighted by molar-refractivity contribution is 6.05. The van der Waals surface area contributed by atoms with E-state index in [-0.39, 0.29) is 11.6 Å². The van der Waals surface area contributed by atoms with Crippen LogP contribution in [-0.4, -0.2) is 25.5 Å². The molecule has 1 heterocycles. The molecule has 6 heteroatoms. The summed E-state index contributed by atoms with van der Waals surface area (Å²) in [6.07, 6.45) is 2.97. The van der Waals surface area contributed by atoms with Crippen LogP contribution in [0.2, 0.25) is 0 Å². The van der Waals surface area contributed by atoms with E-state index < -0.39 is 5.91 Å². The Bertz CT molecular complexity index is 688. The first-order chi connectivity index (χ1) is 11.1. The molecule has 6 nitrogen and oxygen atoms in total. The van der Waals surface area contributed by atoms with Crippen molar-refractivity contribution in [3.8, 4) is 5.75 Å². The summed E-state index contributed by atoms with van der Waals surface area (Å²) in [6, 6.07) is 9.99. The molecule has 0 bridgehead atoms. The zero-order valence-electron chi connectivity index (χ0n) is 13.0. The summed E-state index contributed by atoms with van der Waals surface area (Å²) < 4.78 is 10.2. The number of carbonyl (C=O) groups is 2. The van der Waals surface area contributed by atoms with E-state index in [1.54, 1.807) is 50.4 Å². The molecule has 0 radical (unpaired) electrons. The normalized spacial score (nSPS) is 11.0. The van der Waals surface area contributed by atoms with Crippen molar-refractivity contribution in [1.82, 2.24) is 10.6 Å². The Balaban J connectivity index is 2.19. The Kier molecular flexibility index (Phi) is 5.57. The summed E-state index contributed by atoms with van der Waals surface area (Å²) in [5.74, 6) is 0.348. The second-order valence-corrected chi connectivity index (χ2v) is 4.62. The molecule has 0 unspecified atom stereocenters. The Morgan fingerprint density at radius 1 is 1.22 bits per heavy atom. The summed E-state index contributed by atoms with van der Waals surface area (Å²) in [7, 11) is 1.55. The molecule has 0 atom stereocenters. The molecular weight excluding hydrogens is 296 g/mol. The van der Waals surface area contributed by atoms with Crippen molar-refractivity contribution in [3.63, 3.8) is 0 Å². The minimum Gasteiger partial charge on any atom is -0.497 e. The fourth-order valence-electron chi connectivity index (χ4n) is 1.87. The van der Waals surface area contributed by atoms with E-state index in [1.165, 1.54) is 12.3 Å². The number of carbonyl (C=O) groups excluding carboxylic acids is 2. The van der Waals surface area contributed by atoms with Gasteiger partial charge in [-0.15, -0.1) is 0 Å². The second kappa shape index (κ2) is 7.84. The standard InChI is InChI=1S/C17H18N2O4/c1-3-18-17(21)15(11-14-5-4-10-23-14)19-16(20)12-6-8-13(22-2)9-7-12/h4-11H,3H2,1-2H3,(H,18,21)(H,19,20)/b15-11+. The molecule has 0 aliphatic heterocycles. The molecule has 1 aromatic heterocycles. The van der Waals surface area contributed by atoms with Crippen molar-refractivity contribution in [3.05, 3.63) is 59.7 Å². The molecule has 0 saturated heterocycles. The molecule has 1 aromatic carbocycles. The van der Waals surface area contributed by atoms with Crippen LogP contribution < -0.4 is 15.4 Å². The van der Waals surface area contributed by atoms with E-state index >= 15 is 0 Å². The third-order valence-electron chi connectivity index (χ3n) is 3.01. The summed E-state index contributed by atoms with van der Waals surface area (Å²) >= 11 is 0. The summed E-state index contributed by atoms with van der Waals surface area (Å²) in [6.45, 7) is 2.25. The Labute approximate surface area is 134 Å². The van der Waals surface area contributed by atoms with Gasteiger partial charge in [-0.3, -0.25) is 9.59 Å². The van der Waals surface area contributed by atoms with Crippen LogP contribution in [0, 0.1) is 0 Å². The maximum absolute atomic E-state index is 12.3. The predicted octanol–water partition coefficient (Wildman–Crippen LogP) is 2.20. The van der Waals surface area contributed by atoms with Gasteiger partial charge in [0.2, 0.25) is 0 Å². The van der Waals surface area contributed by atoms with Crippen molar-refractivity contribution in [2.24, 2.45) is 0 Å². The van der Waals surface area contributed by atoms with Gasteiger partial charge >= 0.3 is 0 Å². The molecule has 2 aromatic rings. The molecule has 120 valence electrons. The van der Waals surface area contributed by atoms with Gasteiger partial charge in [-0.2, -0.15) is 0 Å². The number of methoxy groups -OCH3 is 1. The summed E-state index contributed by atoms with van der Waals surface area (Å²) in [4.78, 5) is 24.4. The fraction of sp³-hybridized carbons (Fsp3) is 0.176. The Morgan fingerprint density at radius 2 is 1.96 bits per heavy atom. The van der Waals surface area contributed by atoms with Gasteiger partial charge in [0.25, 0.3) is 11.8 Å². The van der Waals surface area contributed by atoms with Crippen LogP contribution in [0.4, 0.5) is 0 Å². The monoisotopic (exact) mass is 314 g/mol. The lowest BCUT2D eigenvalue weighted by Crippen LogP contribution is -2.34. The smallest absolute Gasteiger partial charge is 0.267 e. The number of furan rings is 1. The molecule has 0 aliphatic carbocycles. The number of hydrogen-bond acceptors (Lipinski definition) is 4. The molecule has 0 spiro atoms. The molecule has 2 N–H and O–H groups in total. The van der Waals surface area contributed by atoms with Gasteiger partial charge in [-0.05, 0) is 43.3 Å². The first kappa shape index (κ1) is 16.4. The highest BCUT2D eigenvalue weighted by atomic mass is 16.5. The first-order valence-corrected chi connectivity index (χ1v) is 7.13. The van der Waals surface area contributed by atoms with Gasteiger partial charge in [0.15, 0.2) is 0 Å². The van der Waals surface area contributed by atoms with Gasteiger partial charge in [0.05, 0.1) is 13.4 Å². The van der Waals surface area contributed by atoms with Crippen molar-refractivity contribution < 1.29 is 18.7 Å². The van der Waals surface area contributed by atoms with Gasteiger partial charge in [0.1, 0.15) is 17.2 Å². The van der Waals surface area contributed by atoms with Crippen LogP contribution in [-0.2, 0) is 4.79 Å². The van der Waals surface area contributed by atoms with Crippen molar-refractivity contribution >= 4 is 17.9 Å². The van der Waals surface area contributed by atoms with Crippen LogP contribution >= 0.6 is 0 Å². The fourth-order valence-corrected chi connectivity index (χ4v) is 1.87. The number of rotatable bonds is 6. The molecule has 2 rings (SSSR count). The van der Waals surface area contributed by atoms with Gasteiger partial charge in [-0.1, -0.05) is 0 Å². The predicted molar refractivity (Wildman–Crippen MR) is 85.8 cm³/mol. The lowest BCUT2D eigenvalue weighted by Gasteiger charge is -2.10. The number of likely N-dealkylation sites (N-methyl/N-ethyl adjacent to an activating group) is 1. The molecule has 0 aliphatic rings. The van der Waals surface area contributed by atoms with Crippen molar-refractivity contribution in [2.75, 3.05) is 13.7 Å². The largest absolute Gasteiger partial charge is 0.497 e. The van der Waals surface area contributed by atoms with E-state index in [1.807, 2.05) is 0 Å². The average molecular weight is 314 g/mol. The molecular formula is C17H18N2O4. The zero-order valence-corrected chi connectivity index (χ0v) is 13.0. The number of hydrogen-bond donors (Lipinski definition) is 2. The zero-order chi connectivity index (χ0) is 16.7. The Morgan fingerprint density at radius 3 is 2.52 bits per heavy atom. The number of benzene rings is 1. The number of nitrogens with one attached hydrogen (secondary N) is 2. The van der Waals surface area contributed by atoms with E-state index in [4.69, 9.17) is 9.15 Å². The van der Waals surface area contributed by atoms with Crippen molar-refractivity contribution in [2.45, 2.75) is 6.92 Å². The third kappa shape index (κ3) is 4.47. The summed E-state index contributed by atoms with van der Waals surface area (Å²) in [5, 5.41) is 5.25. The third-order valence-corrected chi connectivity index (χ3v) is 3.01. The van der Waals surface area contributed by atoms with Crippen LogP contribution in [0.25, 0.3) is 6.08 Å². The minimum atomic E-state index is -0.392. The van der Waals surface area contributed by atoms with Crippen LogP contribution in [0.15, 0.2) is 52.8 Å². The van der Waals surface area contributed by atoms with E-state index in [0.717, 1.165) is 0 Å². The van der Waals surface area contributed by atoms with E-state index in [2.05, 4.69) is 10.6 Å². The molecule has 2 amide bonds. The Hall–Kier alpha value is -3.02. The maximum Gasteiger partial charge on any atom is 0.267 e. The average Bonchev–Trinajstić information content (AvgIpc) is 3.07. The SMILES string of the molecule is CCNC(=O)/C(=C\c1ccco1)NC(=O)c1ccc(OC)cc1. The highest BCUT2D eigenvalue weighted by Gasteiger charge is 2.14. The van der Waals surface area contributed by atoms with Gasteiger partial charge in [0, 0.05) is 18.2 Å². The quantitative estimate of drug-likeness (QED) is 0.801. The van der Waals surface area contributed by atoms with E-state index in [0.29, 0.717) is 23.6 Å². The molecule has 0 saturated carbocycles. The summed E-state index contributed by atoms with van der Waals surface area (Å²) in [5.41, 5.74) is 0.531. The molecule has 0 fully saturated rings. The van der Waals surface area contributed by atoms with Gasteiger partial charge in [-0.25, -0.2) is 0 Å². The highest BCUT2D eigenvalue weighted by Crippen LogP contribution is 2.12. The maximum atomic E-state index is 12.3. The topological polar surface area (TPSA) is 80.6 Å². The van der Waals surface area contributed by atoms with E-state index in [9.17, 15) is 9.59 Å². The minimum absolute atomic E-state index is 0.114. The second-order valence-electron chi connectivity index (χ2n) is 4.62. The number of ether oxygens (including phenoxy) is 1. The van der Waals surface area contributed by atoms with Crippen molar-refractivity contribution in [1.29, 1.82) is 0 Å². The van der Waals surface area contributed by atoms with Crippen LogP contribution in [0.1, 0.15) is 23.0 Å². The van der Waals surface area contributed by atoms with Crippen LogP contribution in [0.3, 0.4) is 0 Å². The lowest BCUT2D eigenvalue weighted by atomic mass is 10.2. The molecule has 23 heavy (non-hydrogen) atoms. The van der Waals surface area contributed by atoms with Crippen LogP contribution in [0.5, 0.6) is 5.75 Å². The number of amides is 2.